The zero-order valence-corrected chi connectivity index (χ0v) is 18.1. The fraction of sp³-hybridized carbons (Fsp3) is 0.318. The van der Waals surface area contributed by atoms with Gasteiger partial charge in [0, 0.05) is 17.9 Å². The predicted octanol–water partition coefficient (Wildman–Crippen LogP) is 4.14. The third-order valence-corrected chi connectivity index (χ3v) is 4.73. The van der Waals surface area contributed by atoms with E-state index in [4.69, 9.17) is 17.0 Å². The Labute approximate surface area is 177 Å². The van der Waals surface area contributed by atoms with Crippen LogP contribution >= 0.6 is 12.2 Å². The molecule has 6 nitrogen and oxygen atoms in total. The molecule has 0 spiro atoms. The Balaban J connectivity index is 2.02. The highest BCUT2D eigenvalue weighted by atomic mass is 32.1. The summed E-state index contributed by atoms with van der Waals surface area (Å²) in [5.74, 6) is -0.531. The number of anilines is 2. The van der Waals surface area contributed by atoms with Crippen molar-refractivity contribution >= 4 is 40.6 Å². The number of hydrogen-bond donors (Lipinski definition) is 2. The van der Waals surface area contributed by atoms with E-state index in [9.17, 15) is 9.59 Å². The van der Waals surface area contributed by atoms with Gasteiger partial charge in [-0.1, -0.05) is 24.3 Å². The van der Waals surface area contributed by atoms with E-state index in [1.807, 2.05) is 39.0 Å². The molecule has 2 aromatic carbocycles. The lowest BCUT2D eigenvalue weighted by atomic mass is 10.1. The lowest BCUT2D eigenvalue weighted by Crippen LogP contribution is -2.40. The van der Waals surface area contributed by atoms with Crippen LogP contribution in [-0.2, 0) is 9.53 Å². The Morgan fingerprint density at radius 2 is 1.69 bits per heavy atom. The first-order chi connectivity index (χ1) is 13.8. The van der Waals surface area contributed by atoms with E-state index in [0.717, 1.165) is 16.8 Å². The quantitative estimate of drug-likeness (QED) is 0.525. The number of esters is 1. The van der Waals surface area contributed by atoms with Crippen molar-refractivity contribution in [3.05, 3.63) is 59.2 Å². The number of benzene rings is 2. The van der Waals surface area contributed by atoms with Crippen molar-refractivity contribution in [3.8, 4) is 0 Å². The van der Waals surface area contributed by atoms with E-state index >= 15 is 0 Å². The maximum absolute atomic E-state index is 12.6. The predicted molar refractivity (Wildman–Crippen MR) is 120 cm³/mol. The summed E-state index contributed by atoms with van der Waals surface area (Å²) in [5.41, 5.74) is 3.95. The molecule has 0 saturated carbocycles. The molecule has 0 aliphatic heterocycles. The minimum atomic E-state index is -0.387. The maximum atomic E-state index is 12.6. The zero-order valence-electron chi connectivity index (χ0n) is 17.2. The van der Waals surface area contributed by atoms with Crippen LogP contribution in [0.15, 0.2) is 42.5 Å². The number of hydrogen-bond acceptors (Lipinski definition) is 4. The smallest absolute Gasteiger partial charge is 0.338 e. The molecule has 0 fully saturated rings. The molecule has 0 aromatic heterocycles. The third-order valence-electron chi connectivity index (χ3n) is 4.37. The second kappa shape index (κ2) is 10.6. The van der Waals surface area contributed by atoms with Gasteiger partial charge in [-0.05, 0) is 69.2 Å². The molecule has 0 bridgehead atoms. The number of amides is 1. The van der Waals surface area contributed by atoms with Crippen LogP contribution in [0, 0.1) is 13.8 Å². The van der Waals surface area contributed by atoms with Gasteiger partial charge in [-0.3, -0.25) is 4.79 Å². The number of ether oxygens (including phenoxy) is 1. The van der Waals surface area contributed by atoms with E-state index in [1.165, 1.54) is 0 Å². The molecule has 0 aliphatic carbocycles. The normalized spacial score (nSPS) is 10.2. The highest BCUT2D eigenvalue weighted by molar-refractivity contribution is 7.80. The molecule has 154 valence electrons. The first kappa shape index (κ1) is 22.4. The molecule has 0 radical (unpaired) electrons. The number of aryl methyl sites for hydroxylation is 2. The molecule has 0 heterocycles. The molecule has 1 amide bonds. The summed E-state index contributed by atoms with van der Waals surface area (Å²) in [7, 11) is 0. The fourth-order valence-electron chi connectivity index (χ4n) is 2.83. The van der Waals surface area contributed by atoms with E-state index in [0.29, 0.717) is 29.5 Å². The van der Waals surface area contributed by atoms with Gasteiger partial charge in [0.15, 0.2) is 5.11 Å². The van der Waals surface area contributed by atoms with Crippen molar-refractivity contribution in [1.82, 2.24) is 4.90 Å². The Morgan fingerprint density at radius 3 is 2.31 bits per heavy atom. The average molecular weight is 414 g/mol. The molecule has 0 unspecified atom stereocenters. The fourth-order valence-corrected chi connectivity index (χ4v) is 3.14. The minimum Gasteiger partial charge on any atom is -0.462 e. The summed E-state index contributed by atoms with van der Waals surface area (Å²) in [6, 6.07) is 12.8. The first-order valence-corrected chi connectivity index (χ1v) is 9.95. The summed E-state index contributed by atoms with van der Waals surface area (Å²) in [6.45, 7) is 8.60. The maximum Gasteiger partial charge on any atom is 0.338 e. The number of thiocarbonyl (C=S) groups is 1. The number of rotatable bonds is 7. The Hall–Kier alpha value is -2.93. The van der Waals surface area contributed by atoms with Crippen LogP contribution in [0.1, 0.15) is 35.3 Å². The van der Waals surface area contributed by atoms with Crippen LogP contribution in [0.5, 0.6) is 0 Å². The molecule has 7 heteroatoms. The van der Waals surface area contributed by atoms with Gasteiger partial charge in [0.25, 0.3) is 0 Å². The van der Waals surface area contributed by atoms with Crippen molar-refractivity contribution < 1.29 is 14.3 Å². The summed E-state index contributed by atoms with van der Waals surface area (Å²) in [6.07, 6.45) is 0. The lowest BCUT2D eigenvalue weighted by molar-refractivity contribution is -0.116. The van der Waals surface area contributed by atoms with Crippen LogP contribution < -0.4 is 10.6 Å². The van der Waals surface area contributed by atoms with Gasteiger partial charge < -0.3 is 20.3 Å². The van der Waals surface area contributed by atoms with Crippen LogP contribution in [0.3, 0.4) is 0 Å². The second-order valence-corrected chi connectivity index (χ2v) is 6.95. The highest BCUT2D eigenvalue weighted by Crippen LogP contribution is 2.19. The van der Waals surface area contributed by atoms with Crippen molar-refractivity contribution in [2.75, 3.05) is 30.3 Å². The Kier molecular flexibility index (Phi) is 8.15. The standard InChI is InChI=1S/C22H27N3O3S/c1-5-25(14-19(26)24-20-15(3)9-7-10-16(20)4)22(29)23-18-12-8-11-17(13-18)21(27)28-6-2/h7-13H,5-6,14H2,1-4H3,(H,23,29)(H,24,26). The average Bonchev–Trinajstić information content (AvgIpc) is 2.69. The van der Waals surface area contributed by atoms with Gasteiger partial charge in [0.2, 0.25) is 5.91 Å². The number of para-hydroxylation sites is 1. The summed E-state index contributed by atoms with van der Waals surface area (Å²) in [4.78, 5) is 26.2. The summed E-state index contributed by atoms with van der Waals surface area (Å²) >= 11 is 5.47. The van der Waals surface area contributed by atoms with Gasteiger partial charge in [-0.15, -0.1) is 0 Å². The number of carbonyl (C=O) groups is 2. The Bertz CT molecular complexity index is 878. The second-order valence-electron chi connectivity index (χ2n) is 6.56. The SMILES string of the molecule is CCOC(=O)c1cccc(NC(=S)N(CC)CC(=O)Nc2c(C)cccc2C)c1. The third kappa shape index (κ3) is 6.29. The molecule has 0 aliphatic rings. The van der Waals surface area contributed by atoms with Crippen molar-refractivity contribution in [2.45, 2.75) is 27.7 Å². The van der Waals surface area contributed by atoms with Gasteiger partial charge in [-0.25, -0.2) is 4.79 Å². The van der Waals surface area contributed by atoms with Crippen LogP contribution in [-0.4, -0.2) is 41.6 Å². The number of carbonyl (C=O) groups excluding carboxylic acids is 2. The molecule has 29 heavy (non-hydrogen) atoms. The molecule has 0 saturated heterocycles. The topological polar surface area (TPSA) is 70.7 Å². The van der Waals surface area contributed by atoms with Crippen LogP contribution in [0.2, 0.25) is 0 Å². The summed E-state index contributed by atoms with van der Waals surface area (Å²) in [5, 5.41) is 6.47. The summed E-state index contributed by atoms with van der Waals surface area (Å²) < 4.78 is 5.02. The molecular weight excluding hydrogens is 386 g/mol. The van der Waals surface area contributed by atoms with Gasteiger partial charge in [-0.2, -0.15) is 0 Å². The van der Waals surface area contributed by atoms with Gasteiger partial charge in [0.05, 0.1) is 18.7 Å². The van der Waals surface area contributed by atoms with Gasteiger partial charge >= 0.3 is 5.97 Å². The van der Waals surface area contributed by atoms with Crippen LogP contribution in [0.4, 0.5) is 11.4 Å². The first-order valence-electron chi connectivity index (χ1n) is 9.54. The van der Waals surface area contributed by atoms with E-state index in [1.54, 1.807) is 36.1 Å². The number of nitrogens with zero attached hydrogens (tertiary/aromatic N) is 1. The Morgan fingerprint density at radius 1 is 1.03 bits per heavy atom. The van der Waals surface area contributed by atoms with Gasteiger partial charge in [0.1, 0.15) is 0 Å². The number of likely N-dealkylation sites (N-methyl/N-ethyl adjacent to an activating group) is 1. The molecule has 2 N–H and O–H groups in total. The lowest BCUT2D eigenvalue weighted by Gasteiger charge is -2.24. The van der Waals surface area contributed by atoms with E-state index < -0.39 is 0 Å². The van der Waals surface area contributed by atoms with E-state index in [-0.39, 0.29) is 18.4 Å². The monoisotopic (exact) mass is 413 g/mol. The highest BCUT2D eigenvalue weighted by Gasteiger charge is 2.15. The number of nitrogens with one attached hydrogen (secondary N) is 2. The van der Waals surface area contributed by atoms with Crippen molar-refractivity contribution in [2.24, 2.45) is 0 Å². The van der Waals surface area contributed by atoms with Crippen molar-refractivity contribution in [1.29, 1.82) is 0 Å². The molecule has 2 rings (SSSR count). The minimum absolute atomic E-state index is 0.119. The van der Waals surface area contributed by atoms with Crippen molar-refractivity contribution in [3.63, 3.8) is 0 Å². The van der Waals surface area contributed by atoms with E-state index in [2.05, 4.69) is 10.6 Å². The molecule has 0 atom stereocenters. The largest absolute Gasteiger partial charge is 0.462 e. The zero-order chi connectivity index (χ0) is 21.4. The molecule has 2 aromatic rings. The molecular formula is C22H27N3O3S. The van der Waals surface area contributed by atoms with Crippen LogP contribution in [0.25, 0.3) is 0 Å².